The second-order valence-corrected chi connectivity index (χ2v) is 2.51. The highest BCUT2D eigenvalue weighted by Gasteiger charge is 1.87. The zero-order valence-electron chi connectivity index (χ0n) is 6.57. The highest BCUT2D eigenvalue weighted by atomic mass is 15.5. The molecule has 54 valence electrons. The summed E-state index contributed by atoms with van der Waals surface area (Å²) in [5.74, 6) is 0. The maximum atomic E-state index is 3.79. The second kappa shape index (κ2) is 4.53. The Balaban J connectivity index is 3.01. The molecule has 0 spiro atoms. The van der Waals surface area contributed by atoms with Gasteiger partial charge >= 0.3 is 0 Å². The van der Waals surface area contributed by atoms with Gasteiger partial charge in [0.25, 0.3) is 0 Å². The standard InChI is InChI=1S/C7H16N2/c1-7(2)5-6-8-9(3)4/h8H,1,5-6H2,2-4H3. The van der Waals surface area contributed by atoms with Gasteiger partial charge in [0.2, 0.25) is 0 Å². The van der Waals surface area contributed by atoms with Crippen molar-refractivity contribution in [2.24, 2.45) is 0 Å². The lowest BCUT2D eigenvalue weighted by atomic mass is 10.2. The van der Waals surface area contributed by atoms with Crippen molar-refractivity contribution in [1.82, 2.24) is 10.4 Å². The predicted molar refractivity (Wildman–Crippen MR) is 41.1 cm³/mol. The fourth-order valence-electron chi connectivity index (χ4n) is 0.493. The topological polar surface area (TPSA) is 15.3 Å². The SMILES string of the molecule is C=C(C)CCNN(C)C. The van der Waals surface area contributed by atoms with Crippen molar-refractivity contribution in [3.8, 4) is 0 Å². The third-order valence-corrected chi connectivity index (χ3v) is 0.980. The van der Waals surface area contributed by atoms with Gasteiger partial charge in [0.1, 0.15) is 0 Å². The van der Waals surface area contributed by atoms with E-state index in [9.17, 15) is 0 Å². The molecule has 0 atom stereocenters. The molecule has 0 saturated heterocycles. The normalized spacial score (nSPS) is 10.2. The minimum Gasteiger partial charge on any atom is -0.255 e. The van der Waals surface area contributed by atoms with E-state index in [0.717, 1.165) is 13.0 Å². The number of rotatable bonds is 4. The molecule has 0 amide bonds. The number of hydrazine groups is 1. The minimum absolute atomic E-state index is 0.988. The van der Waals surface area contributed by atoms with E-state index < -0.39 is 0 Å². The Morgan fingerprint density at radius 3 is 2.44 bits per heavy atom. The van der Waals surface area contributed by atoms with Crippen molar-refractivity contribution in [3.05, 3.63) is 12.2 Å². The van der Waals surface area contributed by atoms with E-state index in [0.29, 0.717) is 0 Å². The Bertz CT molecular complexity index is 86.9. The van der Waals surface area contributed by atoms with Gasteiger partial charge in [0, 0.05) is 20.6 Å². The van der Waals surface area contributed by atoms with Gasteiger partial charge in [-0.15, -0.1) is 6.58 Å². The van der Waals surface area contributed by atoms with E-state index in [1.807, 2.05) is 26.0 Å². The van der Waals surface area contributed by atoms with Gasteiger partial charge < -0.3 is 0 Å². The molecule has 0 rings (SSSR count). The fraction of sp³-hybridized carbons (Fsp3) is 0.714. The van der Waals surface area contributed by atoms with E-state index in [-0.39, 0.29) is 0 Å². The van der Waals surface area contributed by atoms with Crippen LogP contribution >= 0.6 is 0 Å². The van der Waals surface area contributed by atoms with E-state index >= 15 is 0 Å². The first-order chi connectivity index (χ1) is 4.13. The summed E-state index contributed by atoms with van der Waals surface area (Å²) < 4.78 is 0. The molecule has 0 bridgehead atoms. The summed E-state index contributed by atoms with van der Waals surface area (Å²) in [7, 11) is 3.97. The molecule has 1 N–H and O–H groups in total. The molecule has 0 saturated carbocycles. The Morgan fingerprint density at radius 2 is 2.11 bits per heavy atom. The van der Waals surface area contributed by atoms with Crippen LogP contribution in [0.25, 0.3) is 0 Å². The van der Waals surface area contributed by atoms with Crippen molar-refractivity contribution < 1.29 is 0 Å². The summed E-state index contributed by atoms with van der Waals surface area (Å²) in [4.78, 5) is 0. The Labute approximate surface area is 57.5 Å². The van der Waals surface area contributed by atoms with Gasteiger partial charge in [-0.1, -0.05) is 5.57 Å². The molecule has 0 aromatic carbocycles. The average Bonchev–Trinajstić information content (AvgIpc) is 1.63. The molecule has 0 aromatic rings. The summed E-state index contributed by atoms with van der Waals surface area (Å²) >= 11 is 0. The maximum Gasteiger partial charge on any atom is 0.0139 e. The van der Waals surface area contributed by atoms with Crippen molar-refractivity contribution in [2.75, 3.05) is 20.6 Å². The van der Waals surface area contributed by atoms with Gasteiger partial charge in [0.15, 0.2) is 0 Å². The second-order valence-electron chi connectivity index (χ2n) is 2.51. The third kappa shape index (κ3) is 7.66. The van der Waals surface area contributed by atoms with Crippen LogP contribution < -0.4 is 5.43 Å². The van der Waals surface area contributed by atoms with Crippen LogP contribution in [0, 0.1) is 0 Å². The Morgan fingerprint density at radius 1 is 1.56 bits per heavy atom. The summed E-state index contributed by atoms with van der Waals surface area (Å²) in [6.07, 6.45) is 1.05. The lowest BCUT2D eigenvalue weighted by molar-refractivity contribution is 0.292. The zero-order valence-corrected chi connectivity index (χ0v) is 6.57. The monoisotopic (exact) mass is 128 g/mol. The number of hydrogen-bond donors (Lipinski definition) is 1. The van der Waals surface area contributed by atoms with E-state index in [2.05, 4.69) is 12.0 Å². The largest absolute Gasteiger partial charge is 0.255 e. The molecule has 0 aliphatic rings. The van der Waals surface area contributed by atoms with Crippen LogP contribution in [-0.2, 0) is 0 Å². The van der Waals surface area contributed by atoms with Crippen molar-refractivity contribution >= 4 is 0 Å². The first-order valence-corrected chi connectivity index (χ1v) is 3.18. The molecule has 9 heavy (non-hydrogen) atoms. The molecule has 0 aliphatic carbocycles. The summed E-state index contributed by atoms with van der Waals surface area (Å²) in [6, 6.07) is 0. The molecule has 0 radical (unpaired) electrons. The first-order valence-electron chi connectivity index (χ1n) is 3.18. The smallest absolute Gasteiger partial charge is 0.0139 e. The molecule has 0 fully saturated rings. The molecule has 0 unspecified atom stereocenters. The number of nitrogens with one attached hydrogen (secondary N) is 1. The lowest BCUT2D eigenvalue weighted by Crippen LogP contribution is -2.31. The van der Waals surface area contributed by atoms with Gasteiger partial charge in [-0.25, -0.2) is 0 Å². The third-order valence-electron chi connectivity index (χ3n) is 0.980. The van der Waals surface area contributed by atoms with E-state index in [4.69, 9.17) is 0 Å². The van der Waals surface area contributed by atoms with Gasteiger partial charge in [-0.05, 0) is 13.3 Å². The number of hydrogen-bond acceptors (Lipinski definition) is 2. The van der Waals surface area contributed by atoms with Crippen LogP contribution in [0.3, 0.4) is 0 Å². The fourth-order valence-corrected chi connectivity index (χ4v) is 0.493. The van der Waals surface area contributed by atoms with Crippen LogP contribution in [0.5, 0.6) is 0 Å². The Kier molecular flexibility index (Phi) is 4.36. The Hall–Kier alpha value is -0.340. The summed E-state index contributed by atoms with van der Waals surface area (Å²) in [5.41, 5.74) is 4.38. The molecular formula is C7H16N2. The highest BCUT2D eigenvalue weighted by molar-refractivity contribution is 4.87. The van der Waals surface area contributed by atoms with Crippen molar-refractivity contribution in [1.29, 1.82) is 0 Å². The molecule has 0 aliphatic heterocycles. The molecule has 2 nitrogen and oxygen atoms in total. The molecular weight excluding hydrogens is 112 g/mol. The van der Waals surface area contributed by atoms with Crippen LogP contribution in [0.1, 0.15) is 13.3 Å². The quantitative estimate of drug-likeness (QED) is 0.449. The minimum atomic E-state index is 0.988. The average molecular weight is 128 g/mol. The predicted octanol–water partition coefficient (Wildman–Crippen LogP) is 1.02. The van der Waals surface area contributed by atoms with E-state index in [1.54, 1.807) is 0 Å². The van der Waals surface area contributed by atoms with Crippen LogP contribution in [-0.4, -0.2) is 25.6 Å². The van der Waals surface area contributed by atoms with Crippen LogP contribution in [0.4, 0.5) is 0 Å². The summed E-state index contributed by atoms with van der Waals surface area (Å²) in [6.45, 7) is 6.82. The highest BCUT2D eigenvalue weighted by Crippen LogP contribution is 1.91. The molecule has 0 heterocycles. The van der Waals surface area contributed by atoms with Gasteiger partial charge in [-0.3, -0.25) is 10.4 Å². The lowest BCUT2D eigenvalue weighted by Gasteiger charge is -2.10. The van der Waals surface area contributed by atoms with Gasteiger partial charge in [-0.2, -0.15) is 0 Å². The molecule has 2 heteroatoms. The maximum absolute atomic E-state index is 3.79. The molecule has 0 aromatic heterocycles. The van der Waals surface area contributed by atoms with E-state index in [1.165, 1.54) is 5.57 Å². The number of nitrogens with zero attached hydrogens (tertiary/aromatic N) is 1. The van der Waals surface area contributed by atoms with Crippen molar-refractivity contribution in [3.63, 3.8) is 0 Å². The van der Waals surface area contributed by atoms with Crippen molar-refractivity contribution in [2.45, 2.75) is 13.3 Å². The summed E-state index contributed by atoms with van der Waals surface area (Å²) in [5, 5.41) is 1.95. The van der Waals surface area contributed by atoms with Crippen LogP contribution in [0.2, 0.25) is 0 Å². The van der Waals surface area contributed by atoms with Crippen LogP contribution in [0.15, 0.2) is 12.2 Å². The zero-order chi connectivity index (χ0) is 7.28. The van der Waals surface area contributed by atoms with Gasteiger partial charge in [0.05, 0.1) is 0 Å². The first kappa shape index (κ1) is 8.66.